The zero-order valence-corrected chi connectivity index (χ0v) is 17.5. The first-order chi connectivity index (χ1) is 15.7. The van der Waals surface area contributed by atoms with Crippen LogP contribution in [0.1, 0.15) is 29.8 Å². The lowest BCUT2D eigenvalue weighted by Gasteiger charge is -2.14. The van der Waals surface area contributed by atoms with Crippen LogP contribution < -0.4 is 0 Å². The van der Waals surface area contributed by atoms with Gasteiger partial charge in [-0.25, -0.2) is 13.5 Å². The quantitative estimate of drug-likeness (QED) is 0.377. The van der Waals surface area contributed by atoms with Gasteiger partial charge in [-0.05, 0) is 63.5 Å². The van der Waals surface area contributed by atoms with Crippen LogP contribution in [0.5, 0.6) is 0 Å². The zero-order valence-electron chi connectivity index (χ0n) is 17.5. The van der Waals surface area contributed by atoms with E-state index in [4.69, 9.17) is 5.11 Å². The number of benzene rings is 2. The van der Waals surface area contributed by atoms with Crippen LogP contribution in [0.15, 0.2) is 60.7 Å². The van der Waals surface area contributed by atoms with E-state index in [9.17, 15) is 23.5 Å². The number of hydrogen-bond donors (Lipinski definition) is 2. The predicted octanol–water partition coefficient (Wildman–Crippen LogP) is 2.80. The van der Waals surface area contributed by atoms with Crippen LogP contribution in [0.2, 0.25) is 0 Å². The van der Waals surface area contributed by atoms with E-state index in [1.165, 1.54) is 65.4 Å². The Labute approximate surface area is 187 Å². The topological polar surface area (TPSA) is 118 Å². The molecule has 0 spiro atoms. The molecule has 3 aromatic rings. The van der Waals surface area contributed by atoms with Gasteiger partial charge in [-0.2, -0.15) is 0 Å². The average Bonchev–Trinajstić information content (AvgIpc) is 3.18. The van der Waals surface area contributed by atoms with Crippen LogP contribution in [0, 0.1) is 11.6 Å². The Balaban J connectivity index is 2.15. The van der Waals surface area contributed by atoms with Gasteiger partial charge in [0.25, 0.3) is 0 Å². The Hall–Kier alpha value is -4.05. The first-order valence-electron chi connectivity index (χ1n) is 9.84. The highest BCUT2D eigenvalue weighted by Gasteiger charge is 2.18. The van der Waals surface area contributed by atoms with E-state index < -0.39 is 42.3 Å². The van der Waals surface area contributed by atoms with Gasteiger partial charge >= 0.3 is 5.97 Å². The molecule has 170 valence electrons. The van der Waals surface area contributed by atoms with Crippen LogP contribution in [0.3, 0.4) is 0 Å². The first kappa shape index (κ1) is 23.6. The second kappa shape index (κ2) is 10.5. The number of rotatable bonds is 9. The molecule has 0 fully saturated rings. The van der Waals surface area contributed by atoms with E-state index in [0.717, 1.165) is 0 Å². The molecule has 1 unspecified atom stereocenters. The molecule has 33 heavy (non-hydrogen) atoms. The second-order valence-corrected chi connectivity index (χ2v) is 7.18. The molecule has 0 radical (unpaired) electrons. The van der Waals surface area contributed by atoms with Crippen LogP contribution >= 0.6 is 0 Å². The molecule has 0 saturated heterocycles. The van der Waals surface area contributed by atoms with Gasteiger partial charge in [0.05, 0.1) is 12.5 Å². The van der Waals surface area contributed by atoms with Gasteiger partial charge in [0.1, 0.15) is 11.6 Å². The number of aromatic nitrogens is 4. The van der Waals surface area contributed by atoms with E-state index in [2.05, 4.69) is 15.5 Å². The molecule has 2 aromatic carbocycles. The Kier molecular flexibility index (Phi) is 7.52. The van der Waals surface area contributed by atoms with Crippen molar-refractivity contribution >= 4 is 22.9 Å². The van der Waals surface area contributed by atoms with E-state index in [1.807, 2.05) is 0 Å². The van der Waals surface area contributed by atoms with Gasteiger partial charge in [0, 0.05) is 19.0 Å². The molecule has 0 aliphatic heterocycles. The summed E-state index contributed by atoms with van der Waals surface area (Å²) in [4.78, 5) is 23.1. The van der Waals surface area contributed by atoms with Crippen molar-refractivity contribution in [1.82, 2.24) is 20.2 Å². The number of aliphatic hydroxyl groups excluding tert-OH is 1. The summed E-state index contributed by atoms with van der Waals surface area (Å²) in [6, 6.07) is 11.2. The number of nitrogens with zero attached hydrogens (tertiary/aromatic N) is 4. The van der Waals surface area contributed by atoms with E-state index in [1.54, 1.807) is 7.05 Å². The molecule has 1 aromatic heterocycles. The first-order valence-corrected chi connectivity index (χ1v) is 9.84. The summed E-state index contributed by atoms with van der Waals surface area (Å²) >= 11 is 0. The van der Waals surface area contributed by atoms with Crippen molar-refractivity contribution in [3.63, 3.8) is 0 Å². The van der Waals surface area contributed by atoms with Crippen LogP contribution in [-0.4, -0.2) is 48.3 Å². The number of tetrazole rings is 1. The standard InChI is InChI=1S/C23H20F2N4O4/c1-29-23(26-27-28-29)20(11-10-18(30)12-19(31)13-21(32)33)22(14-2-6-16(24)7-3-14)15-4-8-17(25)9-5-15/h2-11,19,31H,12-13H2,1H3,(H,32,33)/b11-10+. The van der Waals surface area contributed by atoms with E-state index >= 15 is 0 Å². The molecule has 1 heterocycles. The summed E-state index contributed by atoms with van der Waals surface area (Å²) in [6.45, 7) is 0. The number of carboxylic acid groups (broad SMARTS) is 1. The van der Waals surface area contributed by atoms with Crippen molar-refractivity contribution in [2.24, 2.45) is 7.05 Å². The van der Waals surface area contributed by atoms with Gasteiger partial charge in [-0.3, -0.25) is 9.59 Å². The molecule has 0 bridgehead atoms. The number of aliphatic carboxylic acids is 1. The number of carbonyl (C=O) groups excluding carboxylic acids is 1. The van der Waals surface area contributed by atoms with Crippen LogP contribution in [-0.2, 0) is 16.6 Å². The van der Waals surface area contributed by atoms with Crippen LogP contribution in [0.4, 0.5) is 8.78 Å². The number of aryl methyl sites for hydroxylation is 1. The van der Waals surface area contributed by atoms with Crippen molar-refractivity contribution in [3.05, 3.63) is 89.3 Å². The highest BCUT2D eigenvalue weighted by atomic mass is 19.1. The molecular weight excluding hydrogens is 434 g/mol. The lowest BCUT2D eigenvalue weighted by molar-refractivity contribution is -0.139. The second-order valence-electron chi connectivity index (χ2n) is 7.18. The molecular formula is C23H20F2N4O4. The normalized spacial score (nSPS) is 12.0. The summed E-state index contributed by atoms with van der Waals surface area (Å²) < 4.78 is 28.5. The van der Waals surface area contributed by atoms with Gasteiger partial charge in [-0.15, -0.1) is 5.10 Å². The summed E-state index contributed by atoms with van der Waals surface area (Å²) in [5.41, 5.74) is 2.00. The fourth-order valence-electron chi connectivity index (χ4n) is 3.19. The number of ketones is 1. The largest absolute Gasteiger partial charge is 0.481 e. The highest BCUT2D eigenvalue weighted by molar-refractivity contribution is 6.03. The minimum atomic E-state index is -1.34. The number of carboxylic acids is 1. The predicted molar refractivity (Wildman–Crippen MR) is 115 cm³/mol. The molecule has 0 aliphatic rings. The molecule has 10 heteroatoms. The Morgan fingerprint density at radius 2 is 1.52 bits per heavy atom. The number of aliphatic hydroxyl groups is 1. The van der Waals surface area contributed by atoms with Crippen molar-refractivity contribution in [2.45, 2.75) is 18.9 Å². The third kappa shape index (κ3) is 6.23. The third-order valence-electron chi connectivity index (χ3n) is 4.68. The lowest BCUT2D eigenvalue weighted by Crippen LogP contribution is -2.16. The number of hydrogen-bond acceptors (Lipinski definition) is 6. The van der Waals surface area contributed by atoms with Gasteiger partial charge in [0.2, 0.25) is 0 Å². The summed E-state index contributed by atoms with van der Waals surface area (Å²) in [5.74, 6) is -2.36. The number of carbonyl (C=O) groups is 2. The fraction of sp³-hybridized carbons (Fsp3) is 0.174. The fourth-order valence-corrected chi connectivity index (χ4v) is 3.19. The maximum atomic E-state index is 13.6. The smallest absolute Gasteiger partial charge is 0.305 e. The zero-order chi connectivity index (χ0) is 24.0. The van der Waals surface area contributed by atoms with Gasteiger partial charge in [-0.1, -0.05) is 24.3 Å². The summed E-state index contributed by atoms with van der Waals surface area (Å²) in [7, 11) is 1.59. The maximum absolute atomic E-state index is 13.6. The monoisotopic (exact) mass is 454 g/mol. The Morgan fingerprint density at radius 1 is 0.970 bits per heavy atom. The van der Waals surface area contributed by atoms with Gasteiger partial charge < -0.3 is 10.2 Å². The van der Waals surface area contributed by atoms with E-state index in [-0.39, 0.29) is 5.82 Å². The molecule has 3 rings (SSSR count). The molecule has 2 N–H and O–H groups in total. The van der Waals surface area contributed by atoms with Crippen molar-refractivity contribution < 1.29 is 28.6 Å². The molecule has 0 aliphatic carbocycles. The average molecular weight is 454 g/mol. The highest BCUT2D eigenvalue weighted by Crippen LogP contribution is 2.32. The third-order valence-corrected chi connectivity index (χ3v) is 4.68. The van der Waals surface area contributed by atoms with Gasteiger partial charge in [0.15, 0.2) is 11.6 Å². The van der Waals surface area contributed by atoms with Crippen molar-refractivity contribution in [2.75, 3.05) is 0 Å². The number of halogens is 2. The molecule has 1 atom stereocenters. The lowest BCUT2D eigenvalue weighted by atomic mass is 9.92. The summed E-state index contributed by atoms with van der Waals surface area (Å²) in [5, 5.41) is 30.0. The van der Waals surface area contributed by atoms with E-state index in [0.29, 0.717) is 22.3 Å². The van der Waals surface area contributed by atoms with Crippen molar-refractivity contribution in [3.8, 4) is 0 Å². The minimum absolute atomic E-state index is 0.272. The van der Waals surface area contributed by atoms with Crippen LogP contribution in [0.25, 0.3) is 11.1 Å². The SMILES string of the molecule is Cn1nnnc1C(/C=C/C(=O)CC(O)CC(=O)O)=C(c1ccc(F)cc1)c1ccc(F)cc1. The molecule has 0 saturated carbocycles. The maximum Gasteiger partial charge on any atom is 0.305 e. The summed E-state index contributed by atoms with van der Waals surface area (Å²) in [6.07, 6.45) is 0.324. The Bertz CT molecular complexity index is 1150. The van der Waals surface area contributed by atoms with Crippen molar-refractivity contribution in [1.29, 1.82) is 0 Å². The number of allylic oxidation sites excluding steroid dienone is 3. The molecule has 0 amide bonds. The minimum Gasteiger partial charge on any atom is -0.481 e. The Morgan fingerprint density at radius 3 is 1.97 bits per heavy atom. The molecule has 8 nitrogen and oxygen atoms in total.